The number of ether oxygens (including phenoxy) is 1. The lowest BCUT2D eigenvalue weighted by molar-refractivity contribution is 0.0301. The minimum absolute atomic E-state index is 0.0890. The average molecular weight is 463 g/mol. The van der Waals surface area contributed by atoms with E-state index in [9.17, 15) is 19.5 Å². The van der Waals surface area contributed by atoms with Crippen molar-refractivity contribution in [1.82, 2.24) is 14.8 Å². The van der Waals surface area contributed by atoms with Crippen molar-refractivity contribution in [2.45, 2.75) is 26.4 Å². The van der Waals surface area contributed by atoms with E-state index in [-0.39, 0.29) is 36.0 Å². The Labute approximate surface area is 196 Å². The smallest absolute Gasteiger partial charge is 0.410 e. The number of hydrogen-bond acceptors (Lipinski definition) is 6. The van der Waals surface area contributed by atoms with Crippen LogP contribution in [0.25, 0.3) is 10.9 Å². The van der Waals surface area contributed by atoms with E-state index in [0.717, 1.165) is 4.57 Å². The average Bonchev–Trinajstić information content (AvgIpc) is 3.25. The Hall–Kier alpha value is -4.14. The van der Waals surface area contributed by atoms with Gasteiger partial charge in [0.2, 0.25) is 11.7 Å². The van der Waals surface area contributed by atoms with Crippen molar-refractivity contribution >= 4 is 40.2 Å². The maximum Gasteiger partial charge on any atom is 0.410 e. The monoisotopic (exact) mass is 462 g/mol. The van der Waals surface area contributed by atoms with Gasteiger partial charge in [-0.2, -0.15) is 0 Å². The standard InChI is InChI=1S/C25H26N4O5/c1-25(2,3)34-24(33)28(4)14-13-26-23(32)29-18-12-8-6-10-16(18)19(22(29)31)20-21(30)15-9-5-7-11-17(15)27-20/h5-12,31H,13-14H2,1-4H3,(H,26,32). The van der Waals surface area contributed by atoms with Crippen LogP contribution in [0.4, 0.5) is 15.3 Å². The van der Waals surface area contributed by atoms with Gasteiger partial charge in [0.15, 0.2) is 0 Å². The number of aromatic nitrogens is 1. The van der Waals surface area contributed by atoms with Crippen LogP contribution in [0, 0.1) is 0 Å². The summed E-state index contributed by atoms with van der Waals surface area (Å²) >= 11 is 0. The zero-order valence-corrected chi connectivity index (χ0v) is 19.5. The fourth-order valence-electron chi connectivity index (χ4n) is 3.74. The molecule has 0 saturated heterocycles. The van der Waals surface area contributed by atoms with Crippen LogP contribution in [0.3, 0.4) is 0 Å². The largest absolute Gasteiger partial charge is 0.494 e. The second-order valence-corrected chi connectivity index (χ2v) is 8.99. The summed E-state index contributed by atoms with van der Waals surface area (Å²) in [4.78, 5) is 43.9. The molecule has 176 valence electrons. The highest BCUT2D eigenvalue weighted by atomic mass is 16.6. The molecule has 2 aromatic carbocycles. The van der Waals surface area contributed by atoms with E-state index in [1.807, 2.05) is 0 Å². The third-order valence-corrected chi connectivity index (χ3v) is 5.31. The number of para-hydroxylation sites is 2. The minimum atomic E-state index is -0.624. The number of carbonyl (C=O) groups excluding carboxylic acids is 3. The van der Waals surface area contributed by atoms with Gasteiger partial charge < -0.3 is 20.1 Å². The number of carbonyl (C=O) groups is 3. The lowest BCUT2D eigenvalue weighted by Crippen LogP contribution is -2.40. The fraction of sp³-hybridized carbons (Fsp3) is 0.280. The van der Waals surface area contributed by atoms with E-state index in [1.54, 1.807) is 76.3 Å². The van der Waals surface area contributed by atoms with Gasteiger partial charge in [0.1, 0.15) is 11.3 Å². The highest BCUT2D eigenvalue weighted by Crippen LogP contribution is 2.37. The molecule has 2 heterocycles. The van der Waals surface area contributed by atoms with Gasteiger partial charge in [-0.05, 0) is 39.0 Å². The lowest BCUT2D eigenvalue weighted by atomic mass is 10.0. The number of likely N-dealkylation sites (N-methyl/N-ethyl adjacent to an activating group) is 1. The normalized spacial score (nSPS) is 12.9. The Morgan fingerprint density at radius 2 is 1.79 bits per heavy atom. The van der Waals surface area contributed by atoms with Crippen LogP contribution in [-0.4, -0.2) is 63.9 Å². The molecule has 0 bridgehead atoms. The van der Waals surface area contributed by atoms with Gasteiger partial charge in [-0.25, -0.2) is 19.1 Å². The second-order valence-electron chi connectivity index (χ2n) is 8.99. The predicted octanol–water partition coefficient (Wildman–Crippen LogP) is 4.09. The first-order chi connectivity index (χ1) is 16.1. The molecule has 3 aromatic rings. The van der Waals surface area contributed by atoms with Crippen molar-refractivity contribution in [3.8, 4) is 5.88 Å². The Kier molecular flexibility index (Phi) is 5.87. The minimum Gasteiger partial charge on any atom is -0.494 e. The van der Waals surface area contributed by atoms with Crippen LogP contribution in [0.1, 0.15) is 36.7 Å². The maximum absolute atomic E-state index is 13.0. The molecule has 34 heavy (non-hydrogen) atoms. The molecule has 0 atom stereocenters. The number of aliphatic imine (C=N–C) groups is 1. The number of amides is 2. The molecular formula is C25H26N4O5. The zero-order valence-electron chi connectivity index (χ0n) is 19.5. The summed E-state index contributed by atoms with van der Waals surface area (Å²) in [6, 6.07) is 13.2. The molecule has 0 saturated carbocycles. The zero-order chi connectivity index (χ0) is 24.6. The summed E-state index contributed by atoms with van der Waals surface area (Å²) in [5.41, 5.74) is 1.07. The van der Waals surface area contributed by atoms with Crippen molar-refractivity contribution < 1.29 is 24.2 Å². The van der Waals surface area contributed by atoms with Gasteiger partial charge >= 0.3 is 12.1 Å². The summed E-state index contributed by atoms with van der Waals surface area (Å²) in [6.45, 7) is 5.65. The van der Waals surface area contributed by atoms with Crippen LogP contribution in [-0.2, 0) is 4.74 Å². The predicted molar refractivity (Wildman–Crippen MR) is 128 cm³/mol. The van der Waals surface area contributed by atoms with Gasteiger partial charge in [-0.15, -0.1) is 0 Å². The van der Waals surface area contributed by atoms with Crippen LogP contribution >= 0.6 is 0 Å². The number of ketones is 1. The molecule has 2 N–H and O–H groups in total. The van der Waals surface area contributed by atoms with Crippen LogP contribution in [0.2, 0.25) is 0 Å². The first kappa shape index (κ1) is 23.0. The third kappa shape index (κ3) is 4.24. The lowest BCUT2D eigenvalue weighted by Gasteiger charge is -2.24. The van der Waals surface area contributed by atoms with E-state index >= 15 is 0 Å². The summed E-state index contributed by atoms with van der Waals surface area (Å²) in [5.74, 6) is -0.688. The molecule has 1 aliphatic heterocycles. The quantitative estimate of drug-likeness (QED) is 0.606. The van der Waals surface area contributed by atoms with E-state index in [0.29, 0.717) is 22.2 Å². The molecule has 0 aliphatic carbocycles. The number of aromatic hydroxyl groups is 1. The number of nitrogens with one attached hydrogen (secondary N) is 1. The van der Waals surface area contributed by atoms with E-state index < -0.39 is 17.7 Å². The Morgan fingerprint density at radius 3 is 2.50 bits per heavy atom. The van der Waals surface area contributed by atoms with Gasteiger partial charge in [0, 0.05) is 31.1 Å². The molecule has 0 spiro atoms. The number of hydrogen-bond donors (Lipinski definition) is 2. The van der Waals surface area contributed by atoms with Crippen LogP contribution in [0.15, 0.2) is 53.5 Å². The van der Waals surface area contributed by atoms with Gasteiger partial charge in [-0.1, -0.05) is 30.3 Å². The first-order valence-corrected chi connectivity index (χ1v) is 10.9. The summed E-state index contributed by atoms with van der Waals surface area (Å²) in [7, 11) is 1.57. The molecule has 9 heteroatoms. The Balaban J connectivity index is 1.58. The molecule has 1 aromatic heterocycles. The van der Waals surface area contributed by atoms with Crippen LogP contribution < -0.4 is 5.32 Å². The molecule has 9 nitrogen and oxygen atoms in total. The molecular weight excluding hydrogens is 436 g/mol. The third-order valence-electron chi connectivity index (χ3n) is 5.31. The van der Waals surface area contributed by atoms with Crippen molar-refractivity contribution in [2.75, 3.05) is 20.1 Å². The van der Waals surface area contributed by atoms with Gasteiger partial charge in [0.05, 0.1) is 16.8 Å². The van der Waals surface area contributed by atoms with Crippen molar-refractivity contribution in [2.24, 2.45) is 4.99 Å². The number of benzene rings is 2. The fourth-order valence-corrected chi connectivity index (χ4v) is 3.74. The van der Waals surface area contributed by atoms with Crippen molar-refractivity contribution in [3.05, 3.63) is 59.7 Å². The molecule has 0 fully saturated rings. The first-order valence-electron chi connectivity index (χ1n) is 10.9. The summed E-state index contributed by atoms with van der Waals surface area (Å²) in [5, 5.41) is 14.3. The summed E-state index contributed by atoms with van der Waals surface area (Å²) < 4.78 is 6.41. The Morgan fingerprint density at radius 1 is 1.12 bits per heavy atom. The molecule has 2 amide bonds. The van der Waals surface area contributed by atoms with E-state index in [2.05, 4.69) is 10.3 Å². The van der Waals surface area contributed by atoms with E-state index in [1.165, 1.54) is 4.90 Å². The highest BCUT2D eigenvalue weighted by Gasteiger charge is 2.32. The molecule has 0 radical (unpaired) electrons. The number of fused-ring (bicyclic) bond motifs is 2. The van der Waals surface area contributed by atoms with Crippen molar-refractivity contribution in [1.29, 1.82) is 0 Å². The molecule has 4 rings (SSSR count). The summed E-state index contributed by atoms with van der Waals surface area (Å²) in [6.07, 6.45) is -0.504. The second kappa shape index (κ2) is 8.66. The van der Waals surface area contributed by atoms with Crippen molar-refractivity contribution in [3.63, 3.8) is 0 Å². The van der Waals surface area contributed by atoms with E-state index in [4.69, 9.17) is 4.74 Å². The Bertz CT molecular complexity index is 1330. The molecule has 0 unspecified atom stereocenters. The number of Topliss-reactive ketones (excluding diaryl/α,β-unsaturated/α-hetero) is 1. The van der Waals surface area contributed by atoms with Crippen LogP contribution in [0.5, 0.6) is 5.88 Å². The SMILES string of the molecule is CN(CCNC(=O)n1c(O)c(C2=Nc3ccccc3C2=O)c2ccccc21)C(=O)OC(C)(C)C. The topological polar surface area (TPSA) is 113 Å². The highest BCUT2D eigenvalue weighted by molar-refractivity contribution is 6.56. The number of nitrogens with zero attached hydrogens (tertiary/aromatic N) is 3. The molecule has 1 aliphatic rings. The van der Waals surface area contributed by atoms with Gasteiger partial charge in [0.25, 0.3) is 0 Å². The number of rotatable bonds is 4. The van der Waals surface area contributed by atoms with Gasteiger partial charge in [-0.3, -0.25) is 4.79 Å². The maximum atomic E-state index is 13.0.